The van der Waals surface area contributed by atoms with E-state index in [0.717, 1.165) is 6.07 Å². The van der Waals surface area contributed by atoms with Crippen molar-refractivity contribution in [3.05, 3.63) is 34.5 Å². The van der Waals surface area contributed by atoms with Crippen LogP contribution in [0.5, 0.6) is 0 Å². The molecular weight excluding hydrogens is 243 g/mol. The van der Waals surface area contributed by atoms with Gasteiger partial charge in [-0.2, -0.15) is 13.2 Å². The number of benzene rings is 1. The Bertz CT molecular complexity index is 559. The predicted octanol–water partition coefficient (Wildman–Crippen LogP) is 3.65. The van der Waals surface area contributed by atoms with Crippen molar-refractivity contribution in [1.82, 2.24) is 4.98 Å². The highest BCUT2D eigenvalue weighted by Gasteiger charge is 2.32. The van der Waals surface area contributed by atoms with Crippen LogP contribution >= 0.6 is 11.6 Å². The quantitative estimate of drug-likeness (QED) is 0.767. The summed E-state index contributed by atoms with van der Waals surface area (Å²) in [4.78, 5) is 12.7. The van der Waals surface area contributed by atoms with Crippen LogP contribution in [0.3, 0.4) is 0 Å². The van der Waals surface area contributed by atoms with E-state index in [-0.39, 0.29) is 16.1 Å². The lowest BCUT2D eigenvalue weighted by molar-refractivity contribution is -0.140. The van der Waals surface area contributed by atoms with Crippen molar-refractivity contribution < 1.29 is 18.0 Å². The summed E-state index contributed by atoms with van der Waals surface area (Å²) in [7, 11) is 0. The Labute approximate surface area is 93.0 Å². The average Bonchev–Trinajstić information content (AvgIpc) is 2.58. The van der Waals surface area contributed by atoms with Crippen LogP contribution < -0.4 is 0 Å². The van der Waals surface area contributed by atoms with E-state index in [1.807, 2.05) is 0 Å². The van der Waals surface area contributed by atoms with E-state index in [1.165, 1.54) is 12.1 Å². The Kier molecular flexibility index (Phi) is 2.42. The molecule has 2 aromatic rings. The Hall–Kier alpha value is -1.49. The van der Waals surface area contributed by atoms with Gasteiger partial charge < -0.3 is 4.98 Å². The van der Waals surface area contributed by atoms with Crippen molar-refractivity contribution in [3.63, 3.8) is 0 Å². The monoisotopic (exact) mass is 247 g/mol. The summed E-state index contributed by atoms with van der Waals surface area (Å²) < 4.78 is 37.1. The number of fused-ring (bicyclic) bond motifs is 1. The number of halogens is 4. The number of hydrogen-bond acceptors (Lipinski definition) is 1. The molecule has 0 spiro atoms. The van der Waals surface area contributed by atoms with Gasteiger partial charge in [-0.1, -0.05) is 11.6 Å². The molecule has 1 aromatic carbocycles. The second-order valence-corrected chi connectivity index (χ2v) is 3.67. The third kappa shape index (κ3) is 1.78. The Balaban J connectivity index is 2.67. The van der Waals surface area contributed by atoms with E-state index in [1.54, 1.807) is 0 Å². The molecule has 0 atom stereocenters. The van der Waals surface area contributed by atoms with Crippen LogP contribution in [-0.4, -0.2) is 11.3 Å². The van der Waals surface area contributed by atoms with Gasteiger partial charge in [0, 0.05) is 16.5 Å². The molecule has 1 heterocycles. The van der Waals surface area contributed by atoms with Gasteiger partial charge in [0.05, 0.1) is 5.02 Å². The molecule has 0 amide bonds. The van der Waals surface area contributed by atoms with Gasteiger partial charge in [-0.25, -0.2) is 0 Å². The highest BCUT2D eigenvalue weighted by molar-refractivity contribution is 6.33. The number of aromatic amines is 1. The molecule has 0 saturated heterocycles. The molecule has 0 fully saturated rings. The zero-order valence-corrected chi connectivity index (χ0v) is 8.49. The molecule has 0 unspecified atom stereocenters. The zero-order chi connectivity index (χ0) is 11.9. The first-order valence-corrected chi connectivity index (χ1v) is 4.64. The van der Waals surface area contributed by atoms with Crippen LogP contribution in [-0.2, 0) is 6.18 Å². The normalized spacial score (nSPS) is 12.0. The number of H-pyrrole nitrogens is 1. The zero-order valence-electron chi connectivity index (χ0n) is 7.73. The lowest BCUT2D eigenvalue weighted by Gasteiger charge is -2.00. The minimum atomic E-state index is -4.44. The second-order valence-electron chi connectivity index (χ2n) is 3.26. The molecule has 1 aromatic heterocycles. The topological polar surface area (TPSA) is 32.9 Å². The van der Waals surface area contributed by atoms with E-state index in [4.69, 9.17) is 11.6 Å². The predicted molar refractivity (Wildman–Crippen MR) is 53.7 cm³/mol. The number of rotatable bonds is 1. The summed E-state index contributed by atoms with van der Waals surface area (Å²) in [6.45, 7) is 0. The molecule has 0 aliphatic rings. The summed E-state index contributed by atoms with van der Waals surface area (Å²) in [6, 6.07) is 3.57. The third-order valence-corrected chi connectivity index (χ3v) is 2.50. The van der Waals surface area contributed by atoms with E-state index < -0.39 is 11.9 Å². The Morgan fingerprint density at radius 2 is 1.94 bits per heavy atom. The van der Waals surface area contributed by atoms with Crippen LogP contribution in [0.1, 0.15) is 16.1 Å². The van der Waals surface area contributed by atoms with Crippen molar-refractivity contribution in [2.75, 3.05) is 0 Å². The van der Waals surface area contributed by atoms with E-state index in [9.17, 15) is 18.0 Å². The lowest BCUT2D eigenvalue weighted by atomic mass is 10.2. The number of aldehydes is 1. The van der Waals surface area contributed by atoms with Gasteiger partial charge in [0.25, 0.3) is 0 Å². The molecule has 6 heteroatoms. The molecule has 2 nitrogen and oxygen atoms in total. The number of aromatic nitrogens is 1. The molecule has 0 bridgehead atoms. The fraction of sp³-hybridized carbons (Fsp3) is 0.100. The molecule has 0 aliphatic heterocycles. The van der Waals surface area contributed by atoms with Gasteiger partial charge in [-0.15, -0.1) is 0 Å². The first-order chi connectivity index (χ1) is 7.41. The van der Waals surface area contributed by atoms with E-state index in [2.05, 4.69) is 4.98 Å². The SMILES string of the molecule is O=Cc1cc2[nH]c(C(F)(F)F)cc2cc1Cl. The summed E-state index contributed by atoms with van der Waals surface area (Å²) in [5.41, 5.74) is -0.467. The van der Waals surface area contributed by atoms with Gasteiger partial charge in [-0.3, -0.25) is 4.79 Å². The fourth-order valence-electron chi connectivity index (χ4n) is 1.41. The van der Waals surface area contributed by atoms with Crippen molar-refractivity contribution in [1.29, 1.82) is 0 Å². The molecule has 0 radical (unpaired) electrons. The van der Waals surface area contributed by atoms with Gasteiger partial charge in [0.2, 0.25) is 0 Å². The van der Waals surface area contributed by atoms with Gasteiger partial charge in [0.15, 0.2) is 6.29 Å². The maximum atomic E-state index is 12.4. The van der Waals surface area contributed by atoms with Crippen molar-refractivity contribution in [3.8, 4) is 0 Å². The largest absolute Gasteiger partial charge is 0.431 e. The number of alkyl halides is 3. The molecular formula is C10H5ClF3NO. The van der Waals surface area contributed by atoms with Gasteiger partial charge >= 0.3 is 6.18 Å². The Morgan fingerprint density at radius 3 is 2.50 bits per heavy atom. The van der Waals surface area contributed by atoms with Gasteiger partial charge in [-0.05, 0) is 18.2 Å². The van der Waals surface area contributed by atoms with Crippen molar-refractivity contribution >= 4 is 28.8 Å². The summed E-state index contributed by atoms with van der Waals surface area (Å²) in [5, 5.41) is 0.457. The van der Waals surface area contributed by atoms with Gasteiger partial charge in [0.1, 0.15) is 5.69 Å². The number of carbonyl (C=O) groups is 1. The number of nitrogens with one attached hydrogen (secondary N) is 1. The Morgan fingerprint density at radius 1 is 1.25 bits per heavy atom. The third-order valence-electron chi connectivity index (χ3n) is 2.17. The van der Waals surface area contributed by atoms with Crippen LogP contribution in [0.4, 0.5) is 13.2 Å². The van der Waals surface area contributed by atoms with Crippen LogP contribution in [0, 0.1) is 0 Å². The minimum Gasteiger partial charge on any atom is -0.351 e. The van der Waals surface area contributed by atoms with Crippen molar-refractivity contribution in [2.24, 2.45) is 0 Å². The van der Waals surface area contributed by atoms with E-state index in [0.29, 0.717) is 11.7 Å². The average molecular weight is 248 g/mol. The first-order valence-electron chi connectivity index (χ1n) is 4.26. The smallest absolute Gasteiger partial charge is 0.351 e. The van der Waals surface area contributed by atoms with E-state index >= 15 is 0 Å². The molecule has 0 saturated carbocycles. The highest BCUT2D eigenvalue weighted by atomic mass is 35.5. The standard InChI is InChI=1S/C10H5ClF3NO/c11-7-1-5-3-9(10(12,13)14)15-8(5)2-6(7)4-16/h1-4,15H. The van der Waals surface area contributed by atoms with Crippen molar-refractivity contribution in [2.45, 2.75) is 6.18 Å². The number of hydrogen-bond donors (Lipinski definition) is 1. The molecule has 84 valence electrons. The minimum absolute atomic E-state index is 0.134. The first kappa shape index (κ1) is 11.0. The molecule has 2 rings (SSSR count). The van der Waals surface area contributed by atoms with Crippen LogP contribution in [0.25, 0.3) is 10.9 Å². The maximum absolute atomic E-state index is 12.4. The molecule has 16 heavy (non-hydrogen) atoms. The molecule has 1 N–H and O–H groups in total. The lowest BCUT2D eigenvalue weighted by Crippen LogP contribution is -2.04. The molecule has 0 aliphatic carbocycles. The summed E-state index contributed by atoms with van der Waals surface area (Å²) in [6.07, 6.45) is -3.94. The maximum Gasteiger partial charge on any atom is 0.431 e. The summed E-state index contributed by atoms with van der Waals surface area (Å²) >= 11 is 5.70. The number of carbonyl (C=O) groups excluding carboxylic acids is 1. The highest BCUT2D eigenvalue weighted by Crippen LogP contribution is 2.32. The summed E-state index contributed by atoms with van der Waals surface area (Å²) in [5.74, 6) is 0. The fourth-order valence-corrected chi connectivity index (χ4v) is 1.63. The second kappa shape index (κ2) is 3.52. The van der Waals surface area contributed by atoms with Crippen LogP contribution in [0.15, 0.2) is 18.2 Å². The van der Waals surface area contributed by atoms with Crippen LogP contribution in [0.2, 0.25) is 5.02 Å².